The third-order valence-electron chi connectivity index (χ3n) is 7.41. The number of rotatable bonds is 5. The third-order valence-corrected chi connectivity index (χ3v) is 7.41. The first-order chi connectivity index (χ1) is 17.0. The SMILES string of the molecule is CCN1CCN(C[C@@H](O)[C@@H]2Cc3ccccc3CN2)C(=O)c2ccc(C(=O)N3CCOCC3)cc21.Cl. The van der Waals surface area contributed by atoms with E-state index in [9.17, 15) is 14.7 Å². The van der Waals surface area contributed by atoms with E-state index in [0.717, 1.165) is 25.2 Å². The smallest absolute Gasteiger partial charge is 0.256 e. The van der Waals surface area contributed by atoms with Gasteiger partial charge >= 0.3 is 0 Å². The molecular formula is C27H35ClN4O4. The molecule has 2 aromatic carbocycles. The molecular weight excluding hydrogens is 480 g/mol. The molecule has 0 bridgehead atoms. The van der Waals surface area contributed by atoms with Crippen LogP contribution in [0.25, 0.3) is 0 Å². The van der Waals surface area contributed by atoms with Crippen molar-refractivity contribution < 1.29 is 19.4 Å². The van der Waals surface area contributed by atoms with Gasteiger partial charge in [-0.2, -0.15) is 0 Å². The average Bonchev–Trinajstić information content (AvgIpc) is 3.04. The van der Waals surface area contributed by atoms with Crippen LogP contribution in [0.5, 0.6) is 0 Å². The van der Waals surface area contributed by atoms with Crippen LogP contribution in [-0.2, 0) is 17.7 Å². The van der Waals surface area contributed by atoms with Crippen LogP contribution >= 0.6 is 12.4 Å². The summed E-state index contributed by atoms with van der Waals surface area (Å²) in [4.78, 5) is 32.3. The molecule has 3 aliphatic heterocycles. The van der Waals surface area contributed by atoms with Crippen molar-refractivity contribution in [2.75, 3.05) is 57.4 Å². The Morgan fingerprint density at radius 2 is 1.81 bits per heavy atom. The van der Waals surface area contributed by atoms with E-state index >= 15 is 0 Å². The summed E-state index contributed by atoms with van der Waals surface area (Å²) in [6.07, 6.45) is 0.0652. The zero-order valence-electron chi connectivity index (χ0n) is 20.7. The van der Waals surface area contributed by atoms with Crippen LogP contribution < -0.4 is 10.2 Å². The van der Waals surface area contributed by atoms with Gasteiger partial charge in [0.05, 0.1) is 30.6 Å². The second-order valence-electron chi connectivity index (χ2n) is 9.49. The van der Waals surface area contributed by atoms with E-state index in [1.807, 2.05) is 18.2 Å². The number of halogens is 1. The van der Waals surface area contributed by atoms with Crippen LogP contribution in [0.1, 0.15) is 38.8 Å². The minimum absolute atomic E-state index is 0. The fourth-order valence-corrected chi connectivity index (χ4v) is 5.30. The van der Waals surface area contributed by atoms with Crippen molar-refractivity contribution in [1.29, 1.82) is 0 Å². The van der Waals surface area contributed by atoms with Gasteiger partial charge in [-0.3, -0.25) is 9.59 Å². The number of likely N-dealkylation sites (N-methyl/N-ethyl adjacent to an activating group) is 1. The van der Waals surface area contributed by atoms with E-state index in [4.69, 9.17) is 4.74 Å². The van der Waals surface area contributed by atoms with E-state index in [-0.39, 0.29) is 36.8 Å². The molecule has 0 radical (unpaired) electrons. The number of fused-ring (bicyclic) bond motifs is 2. The summed E-state index contributed by atoms with van der Waals surface area (Å²) in [5.74, 6) is -0.128. The predicted molar refractivity (Wildman–Crippen MR) is 141 cm³/mol. The van der Waals surface area contributed by atoms with Crippen LogP contribution in [0.15, 0.2) is 42.5 Å². The van der Waals surface area contributed by atoms with Crippen molar-refractivity contribution in [3.8, 4) is 0 Å². The molecule has 0 unspecified atom stereocenters. The Kier molecular flexibility index (Phi) is 8.51. The number of aliphatic hydroxyl groups excluding tert-OH is 1. The Hall–Kier alpha value is -2.65. The van der Waals surface area contributed by atoms with E-state index in [1.54, 1.807) is 21.9 Å². The minimum atomic E-state index is -0.675. The number of anilines is 1. The fraction of sp³-hybridized carbons (Fsp3) is 0.481. The molecule has 0 spiro atoms. The van der Waals surface area contributed by atoms with Gasteiger partial charge in [0.25, 0.3) is 11.8 Å². The van der Waals surface area contributed by atoms with Crippen LogP contribution in [0.2, 0.25) is 0 Å². The van der Waals surface area contributed by atoms with Crippen molar-refractivity contribution >= 4 is 29.9 Å². The van der Waals surface area contributed by atoms with E-state index in [1.165, 1.54) is 11.1 Å². The van der Waals surface area contributed by atoms with Crippen LogP contribution in [0, 0.1) is 0 Å². The van der Waals surface area contributed by atoms with E-state index in [0.29, 0.717) is 50.5 Å². The van der Waals surface area contributed by atoms with Gasteiger partial charge in [0.15, 0.2) is 0 Å². The van der Waals surface area contributed by atoms with Gasteiger partial charge in [-0.15, -0.1) is 12.4 Å². The summed E-state index contributed by atoms with van der Waals surface area (Å²) in [5.41, 5.74) is 4.47. The highest BCUT2D eigenvalue weighted by Gasteiger charge is 2.32. The van der Waals surface area contributed by atoms with E-state index in [2.05, 4.69) is 29.3 Å². The Labute approximate surface area is 218 Å². The zero-order chi connectivity index (χ0) is 24.4. The molecule has 1 fully saturated rings. The summed E-state index contributed by atoms with van der Waals surface area (Å²) in [6.45, 7) is 7.21. The van der Waals surface area contributed by atoms with Gasteiger partial charge in [-0.1, -0.05) is 24.3 Å². The fourth-order valence-electron chi connectivity index (χ4n) is 5.30. The van der Waals surface area contributed by atoms with Crippen molar-refractivity contribution in [3.05, 3.63) is 64.7 Å². The normalized spacial score (nSPS) is 20.7. The Balaban J connectivity index is 0.00000304. The maximum atomic E-state index is 13.6. The van der Waals surface area contributed by atoms with Gasteiger partial charge in [-0.25, -0.2) is 0 Å². The van der Waals surface area contributed by atoms with Crippen LogP contribution in [-0.4, -0.2) is 91.3 Å². The number of hydrogen-bond donors (Lipinski definition) is 2. The lowest BCUT2D eigenvalue weighted by Crippen LogP contribution is -2.50. The first kappa shape index (κ1) is 26.4. The molecule has 8 nitrogen and oxygen atoms in total. The van der Waals surface area contributed by atoms with Crippen molar-refractivity contribution in [1.82, 2.24) is 15.1 Å². The van der Waals surface area contributed by atoms with Crippen molar-refractivity contribution in [3.63, 3.8) is 0 Å². The molecule has 2 aromatic rings. The topological polar surface area (TPSA) is 85.3 Å². The molecule has 2 amide bonds. The molecule has 194 valence electrons. The summed E-state index contributed by atoms with van der Waals surface area (Å²) in [7, 11) is 0. The maximum Gasteiger partial charge on any atom is 0.256 e. The Bertz CT molecular complexity index is 1090. The van der Waals surface area contributed by atoms with Gasteiger partial charge in [-0.05, 0) is 42.7 Å². The zero-order valence-corrected chi connectivity index (χ0v) is 21.5. The molecule has 9 heteroatoms. The first-order valence-corrected chi connectivity index (χ1v) is 12.6. The molecule has 3 heterocycles. The molecule has 0 aromatic heterocycles. The second kappa shape index (κ2) is 11.6. The molecule has 36 heavy (non-hydrogen) atoms. The Morgan fingerprint density at radius 3 is 2.56 bits per heavy atom. The number of hydrogen-bond acceptors (Lipinski definition) is 6. The highest BCUT2D eigenvalue weighted by atomic mass is 35.5. The minimum Gasteiger partial charge on any atom is -0.390 e. The highest BCUT2D eigenvalue weighted by molar-refractivity contribution is 6.03. The average molecular weight is 515 g/mol. The third kappa shape index (κ3) is 5.37. The highest BCUT2D eigenvalue weighted by Crippen LogP contribution is 2.28. The molecule has 3 aliphatic rings. The molecule has 2 atom stereocenters. The number of amides is 2. The maximum absolute atomic E-state index is 13.6. The van der Waals surface area contributed by atoms with Crippen molar-refractivity contribution in [2.24, 2.45) is 0 Å². The lowest BCUT2D eigenvalue weighted by molar-refractivity contribution is 0.0303. The predicted octanol–water partition coefficient (Wildman–Crippen LogP) is 1.94. The molecule has 5 rings (SSSR count). The summed E-state index contributed by atoms with van der Waals surface area (Å²) in [5, 5.41) is 14.5. The quantitative estimate of drug-likeness (QED) is 0.634. The number of morpholine rings is 1. The number of carbonyl (C=O) groups excluding carboxylic acids is 2. The van der Waals surface area contributed by atoms with Gasteiger partial charge in [0, 0.05) is 57.4 Å². The second-order valence-corrected chi connectivity index (χ2v) is 9.49. The number of β-amino-alcohol motifs (C(OH)–C–C–N with tert-alkyl or cyclic N) is 1. The van der Waals surface area contributed by atoms with E-state index < -0.39 is 6.10 Å². The largest absolute Gasteiger partial charge is 0.390 e. The van der Waals surface area contributed by atoms with Gasteiger partial charge in [0.2, 0.25) is 0 Å². The number of nitrogens with one attached hydrogen (secondary N) is 1. The van der Waals surface area contributed by atoms with Crippen LogP contribution in [0.4, 0.5) is 5.69 Å². The van der Waals surface area contributed by atoms with Crippen LogP contribution in [0.3, 0.4) is 0 Å². The van der Waals surface area contributed by atoms with Crippen molar-refractivity contribution in [2.45, 2.75) is 32.0 Å². The molecule has 0 saturated carbocycles. The van der Waals surface area contributed by atoms with Gasteiger partial charge < -0.3 is 29.9 Å². The summed E-state index contributed by atoms with van der Waals surface area (Å²) >= 11 is 0. The lowest BCUT2D eigenvalue weighted by Gasteiger charge is -2.33. The molecule has 2 N–H and O–H groups in total. The number of aliphatic hydroxyl groups is 1. The molecule has 0 aliphatic carbocycles. The molecule has 1 saturated heterocycles. The summed E-state index contributed by atoms with van der Waals surface area (Å²) in [6, 6.07) is 13.6. The number of nitrogens with zero attached hydrogens (tertiary/aromatic N) is 3. The standard InChI is InChI=1S/C27H34N4O4.ClH/c1-2-29-9-10-31(18-25(32)23-15-19-5-3-4-6-21(19)17-28-23)27(34)22-8-7-20(16-24(22)29)26(33)30-11-13-35-14-12-30;/h3-8,16,23,25,28,32H,2,9-15,17-18H2,1H3;1H/t23-,25+;/m0./s1. The number of benzene rings is 2. The number of ether oxygens (including phenoxy) is 1. The number of carbonyl (C=O) groups is 2. The lowest BCUT2D eigenvalue weighted by atomic mass is 9.92. The Morgan fingerprint density at radius 1 is 1.08 bits per heavy atom. The monoisotopic (exact) mass is 514 g/mol. The summed E-state index contributed by atoms with van der Waals surface area (Å²) < 4.78 is 5.37. The van der Waals surface area contributed by atoms with Gasteiger partial charge in [0.1, 0.15) is 0 Å². The first-order valence-electron chi connectivity index (χ1n) is 12.6.